The molecule has 12 heavy (non-hydrogen) atoms. The molecule has 0 N–H and O–H groups in total. The van der Waals surface area contributed by atoms with Gasteiger partial charge in [-0.15, -0.1) is 0 Å². The SMILES string of the molecule is COc1c(Br)ccc(Br)c1OC. The summed E-state index contributed by atoms with van der Waals surface area (Å²) in [6.07, 6.45) is 0. The van der Waals surface area contributed by atoms with Crippen molar-refractivity contribution >= 4 is 31.9 Å². The Kier molecular flexibility index (Phi) is 3.40. The van der Waals surface area contributed by atoms with E-state index in [4.69, 9.17) is 9.47 Å². The molecule has 2 nitrogen and oxygen atoms in total. The first-order valence-electron chi connectivity index (χ1n) is 3.26. The molecule has 0 heterocycles. The van der Waals surface area contributed by atoms with Gasteiger partial charge in [0.25, 0.3) is 0 Å². The van der Waals surface area contributed by atoms with Crippen molar-refractivity contribution < 1.29 is 9.47 Å². The van der Waals surface area contributed by atoms with Crippen LogP contribution in [0, 0.1) is 0 Å². The molecule has 4 heteroatoms. The molecule has 0 fully saturated rings. The van der Waals surface area contributed by atoms with Gasteiger partial charge < -0.3 is 9.47 Å². The number of halogens is 2. The highest BCUT2D eigenvalue weighted by Crippen LogP contribution is 2.40. The smallest absolute Gasteiger partial charge is 0.176 e. The molecule has 0 saturated heterocycles. The largest absolute Gasteiger partial charge is 0.492 e. The number of benzene rings is 1. The van der Waals surface area contributed by atoms with E-state index in [2.05, 4.69) is 31.9 Å². The molecule has 0 aliphatic carbocycles. The Morgan fingerprint density at radius 1 is 0.917 bits per heavy atom. The predicted molar refractivity (Wildman–Crippen MR) is 54.9 cm³/mol. The highest BCUT2D eigenvalue weighted by molar-refractivity contribution is 9.11. The van der Waals surface area contributed by atoms with Gasteiger partial charge in [-0.1, -0.05) is 0 Å². The van der Waals surface area contributed by atoms with Crippen LogP contribution in [-0.4, -0.2) is 14.2 Å². The first-order chi connectivity index (χ1) is 5.70. The number of hydrogen-bond donors (Lipinski definition) is 0. The van der Waals surface area contributed by atoms with Crippen molar-refractivity contribution in [3.8, 4) is 11.5 Å². The van der Waals surface area contributed by atoms with Gasteiger partial charge in [-0.25, -0.2) is 0 Å². The Hall–Kier alpha value is -0.220. The third kappa shape index (κ3) is 1.75. The molecule has 1 aromatic carbocycles. The lowest BCUT2D eigenvalue weighted by Gasteiger charge is -2.10. The first kappa shape index (κ1) is 9.86. The third-order valence-corrected chi connectivity index (χ3v) is 2.67. The zero-order chi connectivity index (χ0) is 9.14. The van der Waals surface area contributed by atoms with Crippen LogP contribution in [0.2, 0.25) is 0 Å². The second-order valence-electron chi connectivity index (χ2n) is 2.10. The molecule has 0 spiro atoms. The molecule has 0 saturated carbocycles. The van der Waals surface area contributed by atoms with Gasteiger partial charge >= 0.3 is 0 Å². The molecule has 0 aromatic heterocycles. The van der Waals surface area contributed by atoms with Crippen molar-refractivity contribution in [3.63, 3.8) is 0 Å². The summed E-state index contributed by atoms with van der Waals surface area (Å²) in [5.41, 5.74) is 0. The molecule has 1 aromatic rings. The van der Waals surface area contributed by atoms with Crippen molar-refractivity contribution in [3.05, 3.63) is 21.1 Å². The van der Waals surface area contributed by atoms with Crippen molar-refractivity contribution in [2.75, 3.05) is 14.2 Å². The summed E-state index contributed by atoms with van der Waals surface area (Å²) >= 11 is 6.71. The van der Waals surface area contributed by atoms with Crippen LogP contribution in [0.25, 0.3) is 0 Å². The maximum absolute atomic E-state index is 5.15. The average molecular weight is 296 g/mol. The summed E-state index contributed by atoms with van der Waals surface area (Å²) in [5, 5.41) is 0. The van der Waals surface area contributed by atoms with E-state index in [1.54, 1.807) is 14.2 Å². The standard InChI is InChI=1S/C8H8Br2O2/c1-11-7-5(9)3-4-6(10)8(7)12-2/h3-4H,1-2H3. The highest BCUT2D eigenvalue weighted by Gasteiger charge is 2.10. The van der Waals surface area contributed by atoms with Gasteiger partial charge in [-0.2, -0.15) is 0 Å². The minimum atomic E-state index is 0.701. The zero-order valence-electron chi connectivity index (χ0n) is 6.73. The molecule has 0 atom stereocenters. The maximum atomic E-state index is 5.15. The lowest BCUT2D eigenvalue weighted by atomic mass is 10.3. The third-order valence-electron chi connectivity index (χ3n) is 1.42. The molecule has 0 bridgehead atoms. The van der Waals surface area contributed by atoms with Crippen LogP contribution < -0.4 is 9.47 Å². The number of methoxy groups -OCH3 is 2. The van der Waals surface area contributed by atoms with Gasteiger partial charge in [0.1, 0.15) is 0 Å². The van der Waals surface area contributed by atoms with E-state index in [1.807, 2.05) is 12.1 Å². The van der Waals surface area contributed by atoms with Crippen LogP contribution in [0.4, 0.5) is 0 Å². The molecule has 0 amide bonds. The normalized spacial score (nSPS) is 9.67. The Labute approximate surface area is 88.1 Å². The Morgan fingerprint density at radius 2 is 1.25 bits per heavy atom. The molecular formula is C8H8Br2O2. The molecule has 0 unspecified atom stereocenters. The van der Waals surface area contributed by atoms with E-state index >= 15 is 0 Å². The summed E-state index contributed by atoms with van der Waals surface area (Å²) in [6, 6.07) is 3.79. The molecule has 0 aliphatic rings. The summed E-state index contributed by atoms with van der Waals surface area (Å²) in [7, 11) is 3.21. The van der Waals surface area contributed by atoms with Crippen LogP contribution >= 0.6 is 31.9 Å². The van der Waals surface area contributed by atoms with Gasteiger partial charge in [0.2, 0.25) is 0 Å². The van der Waals surface area contributed by atoms with Gasteiger partial charge in [-0.3, -0.25) is 0 Å². The molecular weight excluding hydrogens is 288 g/mol. The summed E-state index contributed by atoms with van der Waals surface area (Å²) < 4.78 is 12.1. The van der Waals surface area contributed by atoms with Gasteiger partial charge in [0.05, 0.1) is 23.2 Å². The van der Waals surface area contributed by atoms with E-state index in [0.717, 1.165) is 8.95 Å². The lowest BCUT2D eigenvalue weighted by molar-refractivity contribution is 0.351. The zero-order valence-corrected chi connectivity index (χ0v) is 9.90. The van der Waals surface area contributed by atoms with Crippen molar-refractivity contribution in [1.82, 2.24) is 0 Å². The Bertz CT molecular complexity index is 258. The van der Waals surface area contributed by atoms with Crippen LogP contribution in [0.3, 0.4) is 0 Å². The Morgan fingerprint density at radius 3 is 1.50 bits per heavy atom. The van der Waals surface area contributed by atoms with Crippen LogP contribution in [-0.2, 0) is 0 Å². The van der Waals surface area contributed by atoms with Crippen molar-refractivity contribution in [1.29, 1.82) is 0 Å². The van der Waals surface area contributed by atoms with Gasteiger partial charge in [0.15, 0.2) is 11.5 Å². The minimum Gasteiger partial charge on any atom is -0.492 e. The fourth-order valence-corrected chi connectivity index (χ4v) is 1.84. The van der Waals surface area contributed by atoms with Crippen molar-refractivity contribution in [2.45, 2.75) is 0 Å². The number of hydrogen-bond acceptors (Lipinski definition) is 2. The summed E-state index contributed by atoms with van der Waals surface area (Å²) in [4.78, 5) is 0. The van der Waals surface area contributed by atoms with Crippen molar-refractivity contribution in [2.24, 2.45) is 0 Å². The maximum Gasteiger partial charge on any atom is 0.176 e. The van der Waals surface area contributed by atoms with E-state index in [-0.39, 0.29) is 0 Å². The van der Waals surface area contributed by atoms with E-state index < -0.39 is 0 Å². The molecule has 1 rings (SSSR count). The molecule has 0 aliphatic heterocycles. The van der Waals surface area contributed by atoms with Crippen LogP contribution in [0.5, 0.6) is 11.5 Å². The number of ether oxygens (including phenoxy) is 2. The average Bonchev–Trinajstić information content (AvgIpc) is 2.08. The fraction of sp³-hybridized carbons (Fsp3) is 0.250. The van der Waals surface area contributed by atoms with Gasteiger partial charge in [-0.05, 0) is 44.0 Å². The second-order valence-corrected chi connectivity index (χ2v) is 3.80. The fourth-order valence-electron chi connectivity index (χ4n) is 0.895. The molecule has 0 radical (unpaired) electrons. The second kappa shape index (κ2) is 4.14. The monoisotopic (exact) mass is 294 g/mol. The van der Waals surface area contributed by atoms with E-state index in [9.17, 15) is 0 Å². The lowest BCUT2D eigenvalue weighted by Crippen LogP contribution is -1.91. The topological polar surface area (TPSA) is 18.5 Å². The van der Waals surface area contributed by atoms with Crippen LogP contribution in [0.1, 0.15) is 0 Å². The van der Waals surface area contributed by atoms with Crippen LogP contribution in [0.15, 0.2) is 21.1 Å². The summed E-state index contributed by atoms with van der Waals surface area (Å²) in [5.74, 6) is 1.40. The predicted octanol–water partition coefficient (Wildman–Crippen LogP) is 3.23. The first-order valence-corrected chi connectivity index (χ1v) is 4.85. The summed E-state index contributed by atoms with van der Waals surface area (Å²) in [6.45, 7) is 0. The number of rotatable bonds is 2. The van der Waals surface area contributed by atoms with Gasteiger partial charge in [0, 0.05) is 0 Å². The molecule has 66 valence electrons. The highest BCUT2D eigenvalue weighted by atomic mass is 79.9. The minimum absolute atomic E-state index is 0.701. The quantitative estimate of drug-likeness (QED) is 0.834. The van der Waals surface area contributed by atoms with E-state index in [1.165, 1.54) is 0 Å². The van der Waals surface area contributed by atoms with E-state index in [0.29, 0.717) is 11.5 Å². The Balaban J connectivity index is 3.28.